The number of alkyl halides is 1. The number of hydrogen-bond acceptors (Lipinski definition) is 1. The molecule has 2 nitrogen and oxygen atoms in total. The molecule has 0 saturated heterocycles. The summed E-state index contributed by atoms with van der Waals surface area (Å²) < 4.78 is 15.4. The molecule has 0 unspecified atom stereocenters. The second-order valence-electron chi connectivity index (χ2n) is 5.23. The van der Waals surface area contributed by atoms with E-state index in [1.54, 1.807) is 12.1 Å². The second kappa shape index (κ2) is 5.49. The predicted molar refractivity (Wildman–Crippen MR) is 84.9 cm³/mol. The lowest BCUT2D eigenvalue weighted by atomic mass is 10.1. The van der Waals surface area contributed by atoms with E-state index in [1.807, 2.05) is 13.8 Å². The molecule has 0 radical (unpaired) electrons. The minimum absolute atomic E-state index is 0.226. The number of hydrogen-bond donors (Lipinski definition) is 0. The second-order valence-corrected chi connectivity index (χ2v) is 5.60. The standard InChI is InChI=1S/C17H16ClFN2/c1-11-3-5-16-14(9-11)20-17(7-8-18)21(16)15-6-4-13(19)10-12(15)2/h3-6,9-10H,7-8H2,1-2H3. The topological polar surface area (TPSA) is 17.8 Å². The fraction of sp³-hybridized carbons (Fsp3) is 0.235. The smallest absolute Gasteiger partial charge is 0.123 e. The van der Waals surface area contributed by atoms with Gasteiger partial charge in [-0.3, -0.25) is 4.57 Å². The van der Waals surface area contributed by atoms with Crippen LogP contribution in [0.2, 0.25) is 0 Å². The highest BCUT2D eigenvalue weighted by molar-refractivity contribution is 6.17. The van der Waals surface area contributed by atoms with Crippen molar-refractivity contribution in [2.75, 3.05) is 5.88 Å². The van der Waals surface area contributed by atoms with Gasteiger partial charge in [0, 0.05) is 12.3 Å². The van der Waals surface area contributed by atoms with Gasteiger partial charge in [0.15, 0.2) is 0 Å². The summed E-state index contributed by atoms with van der Waals surface area (Å²) in [6.07, 6.45) is 0.673. The molecular weight excluding hydrogens is 287 g/mol. The Labute approximate surface area is 128 Å². The molecule has 0 aliphatic heterocycles. The Morgan fingerprint density at radius 1 is 1.14 bits per heavy atom. The van der Waals surface area contributed by atoms with E-state index in [0.29, 0.717) is 12.3 Å². The van der Waals surface area contributed by atoms with Crippen LogP contribution in [0.15, 0.2) is 36.4 Å². The Morgan fingerprint density at radius 2 is 1.95 bits per heavy atom. The largest absolute Gasteiger partial charge is 0.296 e. The number of nitrogens with zero attached hydrogens (tertiary/aromatic N) is 2. The maximum absolute atomic E-state index is 13.4. The Morgan fingerprint density at radius 3 is 2.67 bits per heavy atom. The lowest BCUT2D eigenvalue weighted by molar-refractivity contribution is 0.626. The van der Waals surface area contributed by atoms with Crippen LogP contribution in [-0.2, 0) is 6.42 Å². The quantitative estimate of drug-likeness (QED) is 0.648. The third-order valence-corrected chi connectivity index (χ3v) is 3.79. The van der Waals surface area contributed by atoms with Crippen LogP contribution >= 0.6 is 11.6 Å². The summed E-state index contributed by atoms with van der Waals surface area (Å²) in [5, 5.41) is 0. The zero-order valence-electron chi connectivity index (χ0n) is 12.0. The summed E-state index contributed by atoms with van der Waals surface area (Å²) in [5.41, 5.74) is 4.96. The Balaban J connectivity index is 2.30. The highest BCUT2D eigenvalue weighted by atomic mass is 35.5. The number of benzene rings is 2. The first-order chi connectivity index (χ1) is 10.1. The van der Waals surface area contributed by atoms with Gasteiger partial charge in [0.1, 0.15) is 11.6 Å². The van der Waals surface area contributed by atoms with Gasteiger partial charge in [-0.05, 0) is 55.3 Å². The van der Waals surface area contributed by atoms with Crippen LogP contribution in [-0.4, -0.2) is 15.4 Å². The zero-order chi connectivity index (χ0) is 15.0. The first-order valence-corrected chi connectivity index (χ1v) is 7.44. The summed E-state index contributed by atoms with van der Waals surface area (Å²) in [7, 11) is 0. The third kappa shape index (κ3) is 2.54. The molecule has 0 saturated carbocycles. The fourth-order valence-corrected chi connectivity index (χ4v) is 2.80. The molecule has 0 aliphatic rings. The van der Waals surface area contributed by atoms with E-state index in [1.165, 1.54) is 11.6 Å². The van der Waals surface area contributed by atoms with Gasteiger partial charge >= 0.3 is 0 Å². The molecule has 0 N–H and O–H groups in total. The minimum Gasteiger partial charge on any atom is -0.296 e. The zero-order valence-corrected chi connectivity index (χ0v) is 12.8. The van der Waals surface area contributed by atoms with E-state index in [0.717, 1.165) is 28.1 Å². The number of aryl methyl sites for hydroxylation is 3. The number of fused-ring (bicyclic) bond motifs is 1. The van der Waals surface area contributed by atoms with Gasteiger partial charge < -0.3 is 0 Å². The molecule has 21 heavy (non-hydrogen) atoms. The molecule has 0 spiro atoms. The van der Waals surface area contributed by atoms with Gasteiger partial charge in [0.25, 0.3) is 0 Å². The van der Waals surface area contributed by atoms with E-state index in [-0.39, 0.29) is 5.82 Å². The van der Waals surface area contributed by atoms with Crippen molar-refractivity contribution in [3.63, 3.8) is 0 Å². The van der Waals surface area contributed by atoms with Crippen LogP contribution in [0.4, 0.5) is 4.39 Å². The van der Waals surface area contributed by atoms with Crippen LogP contribution in [0, 0.1) is 19.7 Å². The highest BCUT2D eigenvalue weighted by Crippen LogP contribution is 2.25. The Hall–Kier alpha value is -1.87. The molecule has 0 bridgehead atoms. The van der Waals surface area contributed by atoms with E-state index < -0.39 is 0 Å². The molecule has 0 aliphatic carbocycles. The summed E-state index contributed by atoms with van der Waals surface area (Å²) in [6.45, 7) is 3.95. The van der Waals surface area contributed by atoms with Gasteiger partial charge in [0.05, 0.1) is 16.7 Å². The molecule has 0 atom stereocenters. The number of halogens is 2. The monoisotopic (exact) mass is 302 g/mol. The summed E-state index contributed by atoms with van der Waals surface area (Å²) in [4.78, 5) is 4.69. The van der Waals surface area contributed by atoms with Crippen LogP contribution in [0.5, 0.6) is 0 Å². The van der Waals surface area contributed by atoms with Crippen molar-refractivity contribution in [1.29, 1.82) is 0 Å². The predicted octanol–water partition coefficient (Wildman–Crippen LogP) is 4.56. The third-order valence-electron chi connectivity index (χ3n) is 3.60. The molecule has 1 heterocycles. The van der Waals surface area contributed by atoms with Crippen molar-refractivity contribution in [1.82, 2.24) is 9.55 Å². The first kappa shape index (κ1) is 14.1. The maximum atomic E-state index is 13.4. The normalized spacial score (nSPS) is 11.2. The van der Waals surface area contributed by atoms with E-state index in [9.17, 15) is 4.39 Å². The number of aromatic nitrogens is 2. The van der Waals surface area contributed by atoms with Crippen molar-refractivity contribution < 1.29 is 4.39 Å². The summed E-state index contributed by atoms with van der Waals surface area (Å²) >= 11 is 5.91. The molecule has 2 aromatic carbocycles. The molecule has 108 valence electrons. The number of imidazole rings is 1. The fourth-order valence-electron chi connectivity index (χ4n) is 2.63. The maximum Gasteiger partial charge on any atom is 0.123 e. The SMILES string of the molecule is Cc1ccc2c(c1)nc(CCCl)n2-c1ccc(F)cc1C. The molecular formula is C17H16ClFN2. The minimum atomic E-state index is -0.226. The van der Waals surface area contributed by atoms with E-state index in [2.05, 4.69) is 27.8 Å². The lowest BCUT2D eigenvalue weighted by Crippen LogP contribution is -2.04. The van der Waals surface area contributed by atoms with Gasteiger partial charge in [-0.2, -0.15) is 0 Å². The van der Waals surface area contributed by atoms with Crippen molar-refractivity contribution in [3.05, 3.63) is 59.2 Å². The van der Waals surface area contributed by atoms with Crippen LogP contribution in [0.3, 0.4) is 0 Å². The van der Waals surface area contributed by atoms with Gasteiger partial charge in [-0.15, -0.1) is 11.6 Å². The van der Waals surface area contributed by atoms with Crippen molar-refractivity contribution in [3.8, 4) is 5.69 Å². The first-order valence-electron chi connectivity index (χ1n) is 6.90. The van der Waals surface area contributed by atoms with Crippen LogP contribution < -0.4 is 0 Å². The highest BCUT2D eigenvalue weighted by Gasteiger charge is 2.14. The van der Waals surface area contributed by atoms with Crippen LogP contribution in [0.25, 0.3) is 16.7 Å². The molecule has 0 fully saturated rings. The molecule has 0 amide bonds. The van der Waals surface area contributed by atoms with Crippen molar-refractivity contribution >= 4 is 22.6 Å². The van der Waals surface area contributed by atoms with Crippen molar-refractivity contribution in [2.24, 2.45) is 0 Å². The Bertz CT molecular complexity index is 808. The lowest BCUT2D eigenvalue weighted by Gasteiger charge is -2.12. The van der Waals surface area contributed by atoms with Crippen LogP contribution in [0.1, 0.15) is 17.0 Å². The summed E-state index contributed by atoms with van der Waals surface area (Å²) in [5.74, 6) is 1.18. The molecule has 3 aromatic rings. The number of rotatable bonds is 3. The molecule has 3 rings (SSSR count). The molecule has 1 aromatic heterocycles. The summed E-state index contributed by atoms with van der Waals surface area (Å²) in [6, 6.07) is 11.0. The average molecular weight is 303 g/mol. The van der Waals surface area contributed by atoms with Gasteiger partial charge in [0.2, 0.25) is 0 Å². The van der Waals surface area contributed by atoms with E-state index in [4.69, 9.17) is 11.6 Å². The van der Waals surface area contributed by atoms with E-state index >= 15 is 0 Å². The Kier molecular flexibility index (Phi) is 3.68. The average Bonchev–Trinajstić information content (AvgIpc) is 2.76. The van der Waals surface area contributed by atoms with Gasteiger partial charge in [-0.1, -0.05) is 6.07 Å². The van der Waals surface area contributed by atoms with Crippen molar-refractivity contribution in [2.45, 2.75) is 20.3 Å². The molecule has 4 heteroatoms. The van der Waals surface area contributed by atoms with Gasteiger partial charge in [-0.25, -0.2) is 9.37 Å².